The monoisotopic (exact) mass is 360 g/mol. The normalized spacial score (nSPS) is 11.0. The molecule has 0 aliphatic carbocycles. The van der Waals surface area contributed by atoms with E-state index in [4.69, 9.17) is 9.78 Å². The van der Waals surface area contributed by atoms with Gasteiger partial charge >= 0.3 is 5.97 Å². The number of hydrogen-bond acceptors (Lipinski definition) is 4. The summed E-state index contributed by atoms with van der Waals surface area (Å²) < 4.78 is 0. The Kier molecular flexibility index (Phi) is 5.48. The highest BCUT2D eigenvalue weighted by Gasteiger charge is 2.26. The number of benzene rings is 3. The minimum atomic E-state index is -0.824. The second kappa shape index (κ2) is 7.98. The van der Waals surface area contributed by atoms with Gasteiger partial charge in [-0.05, 0) is 25.5 Å². The van der Waals surface area contributed by atoms with Crippen LogP contribution >= 0.6 is 0 Å². The van der Waals surface area contributed by atoms with E-state index in [1.165, 1.54) is 0 Å². The third kappa shape index (κ3) is 4.30. The Morgan fingerprint density at radius 2 is 1.22 bits per heavy atom. The van der Waals surface area contributed by atoms with Crippen LogP contribution in [0.5, 0.6) is 0 Å². The molecule has 136 valence electrons. The summed E-state index contributed by atoms with van der Waals surface area (Å²) in [6, 6.07) is 24.8. The molecular formula is C23H20O4. The Labute approximate surface area is 158 Å². The van der Waals surface area contributed by atoms with Crippen LogP contribution in [0.3, 0.4) is 0 Å². The Morgan fingerprint density at radius 3 is 1.85 bits per heavy atom. The van der Waals surface area contributed by atoms with Gasteiger partial charge in [0.15, 0.2) is 5.78 Å². The van der Waals surface area contributed by atoms with Gasteiger partial charge in [0, 0.05) is 11.1 Å². The van der Waals surface area contributed by atoms with Crippen LogP contribution in [0.1, 0.15) is 45.7 Å². The molecule has 27 heavy (non-hydrogen) atoms. The predicted molar refractivity (Wildman–Crippen MR) is 102 cm³/mol. The largest absolute Gasteiger partial charge is 0.373 e. The maximum atomic E-state index is 12.7. The molecule has 0 N–H and O–H groups in total. The molecule has 0 spiro atoms. The molecule has 0 aliphatic heterocycles. The van der Waals surface area contributed by atoms with Gasteiger partial charge in [0.1, 0.15) is 5.60 Å². The van der Waals surface area contributed by atoms with Gasteiger partial charge in [-0.15, -0.1) is 0 Å². The van der Waals surface area contributed by atoms with Gasteiger partial charge in [0.2, 0.25) is 0 Å². The number of hydrogen-bond donors (Lipinski definition) is 0. The maximum Gasteiger partial charge on any atom is 0.373 e. The summed E-state index contributed by atoms with van der Waals surface area (Å²) in [5, 5.41) is 0. The van der Waals surface area contributed by atoms with Crippen molar-refractivity contribution in [2.75, 3.05) is 0 Å². The highest BCUT2D eigenvalue weighted by Crippen LogP contribution is 2.25. The van der Waals surface area contributed by atoms with Crippen molar-refractivity contribution in [3.63, 3.8) is 0 Å². The molecule has 0 unspecified atom stereocenters. The highest BCUT2D eigenvalue weighted by molar-refractivity contribution is 6.14. The van der Waals surface area contributed by atoms with E-state index in [1.807, 2.05) is 36.4 Å². The van der Waals surface area contributed by atoms with Gasteiger partial charge in [0.05, 0.1) is 5.56 Å². The molecule has 0 radical (unpaired) electrons. The number of carbonyl (C=O) groups is 2. The molecule has 0 fully saturated rings. The van der Waals surface area contributed by atoms with Crippen LogP contribution in [-0.2, 0) is 15.4 Å². The fourth-order valence-corrected chi connectivity index (χ4v) is 2.68. The van der Waals surface area contributed by atoms with E-state index < -0.39 is 11.6 Å². The van der Waals surface area contributed by atoms with Crippen LogP contribution in [0, 0.1) is 0 Å². The minimum Gasteiger partial charge on any atom is -0.292 e. The summed E-state index contributed by atoms with van der Waals surface area (Å²) in [6.07, 6.45) is 0. The summed E-state index contributed by atoms with van der Waals surface area (Å²) in [6.45, 7) is 3.60. The number of ketones is 1. The Morgan fingerprint density at radius 1 is 0.704 bits per heavy atom. The fraction of sp³-hybridized carbons (Fsp3) is 0.130. The fourth-order valence-electron chi connectivity index (χ4n) is 2.68. The van der Waals surface area contributed by atoms with E-state index >= 15 is 0 Å². The smallest absolute Gasteiger partial charge is 0.292 e. The molecule has 0 amide bonds. The average Bonchev–Trinajstić information content (AvgIpc) is 2.73. The zero-order valence-corrected chi connectivity index (χ0v) is 15.2. The lowest BCUT2D eigenvalue weighted by atomic mass is 9.98. The van der Waals surface area contributed by atoms with Crippen LogP contribution in [0.15, 0.2) is 84.9 Å². The van der Waals surface area contributed by atoms with Crippen molar-refractivity contribution >= 4 is 11.8 Å². The summed E-state index contributed by atoms with van der Waals surface area (Å²) >= 11 is 0. The van der Waals surface area contributed by atoms with E-state index in [0.29, 0.717) is 5.56 Å². The minimum absolute atomic E-state index is 0.162. The van der Waals surface area contributed by atoms with Gasteiger partial charge in [-0.3, -0.25) is 9.68 Å². The SMILES string of the molecule is CC(C)(OOC(=O)c1ccccc1C(=O)c1ccccc1)c1ccccc1. The molecule has 0 atom stereocenters. The van der Waals surface area contributed by atoms with Crippen molar-refractivity contribution in [3.8, 4) is 0 Å². The van der Waals surface area contributed by atoms with Crippen LogP contribution in [0.2, 0.25) is 0 Å². The zero-order chi connectivity index (χ0) is 19.3. The van der Waals surface area contributed by atoms with Crippen LogP contribution in [0.25, 0.3) is 0 Å². The third-order valence-electron chi connectivity index (χ3n) is 4.22. The molecule has 4 nitrogen and oxygen atoms in total. The van der Waals surface area contributed by atoms with E-state index in [-0.39, 0.29) is 16.9 Å². The lowest BCUT2D eigenvalue weighted by Crippen LogP contribution is -2.24. The zero-order valence-electron chi connectivity index (χ0n) is 15.2. The van der Waals surface area contributed by atoms with E-state index in [9.17, 15) is 9.59 Å². The van der Waals surface area contributed by atoms with Crippen molar-refractivity contribution in [1.29, 1.82) is 0 Å². The molecule has 0 bridgehead atoms. The molecule has 0 aliphatic rings. The average molecular weight is 360 g/mol. The second-order valence-corrected chi connectivity index (χ2v) is 6.57. The van der Waals surface area contributed by atoms with Gasteiger partial charge in [-0.1, -0.05) is 78.9 Å². The molecule has 3 rings (SSSR count). The molecular weight excluding hydrogens is 340 g/mol. The van der Waals surface area contributed by atoms with Gasteiger partial charge in [-0.2, -0.15) is 4.89 Å². The lowest BCUT2D eigenvalue weighted by molar-refractivity contribution is -0.312. The first-order valence-electron chi connectivity index (χ1n) is 8.63. The molecule has 4 heteroatoms. The molecule has 3 aromatic rings. The van der Waals surface area contributed by atoms with Crippen molar-refractivity contribution in [1.82, 2.24) is 0 Å². The van der Waals surface area contributed by atoms with Crippen LogP contribution in [-0.4, -0.2) is 11.8 Å². The van der Waals surface area contributed by atoms with Crippen molar-refractivity contribution < 1.29 is 19.4 Å². The Hall–Kier alpha value is -3.24. The third-order valence-corrected chi connectivity index (χ3v) is 4.22. The van der Waals surface area contributed by atoms with Gasteiger partial charge in [-0.25, -0.2) is 4.79 Å². The molecule has 0 aromatic heterocycles. The number of rotatable bonds is 6. The highest BCUT2D eigenvalue weighted by atomic mass is 17.2. The molecule has 0 saturated heterocycles. The van der Waals surface area contributed by atoms with E-state index in [2.05, 4.69) is 0 Å². The van der Waals surface area contributed by atoms with Crippen molar-refractivity contribution in [2.24, 2.45) is 0 Å². The van der Waals surface area contributed by atoms with Crippen molar-refractivity contribution in [3.05, 3.63) is 107 Å². The lowest BCUT2D eigenvalue weighted by Gasteiger charge is -2.23. The quantitative estimate of drug-likeness (QED) is 0.355. The molecule has 3 aromatic carbocycles. The van der Waals surface area contributed by atoms with Crippen LogP contribution in [0.4, 0.5) is 0 Å². The standard InChI is InChI=1S/C23H20O4/c1-23(2,18-13-7-4-8-14-18)27-26-22(25)20-16-10-9-15-19(20)21(24)17-11-5-3-6-12-17/h3-16H,1-2H3. The van der Waals surface area contributed by atoms with E-state index in [0.717, 1.165) is 5.56 Å². The summed E-state index contributed by atoms with van der Waals surface area (Å²) in [7, 11) is 0. The van der Waals surface area contributed by atoms with Crippen LogP contribution < -0.4 is 0 Å². The topological polar surface area (TPSA) is 52.6 Å². The first kappa shape index (κ1) is 18.5. The molecule has 0 saturated carbocycles. The first-order chi connectivity index (χ1) is 13.0. The summed E-state index contributed by atoms with van der Waals surface area (Å²) in [4.78, 5) is 35.8. The van der Waals surface area contributed by atoms with Crippen molar-refractivity contribution in [2.45, 2.75) is 19.4 Å². The van der Waals surface area contributed by atoms with Gasteiger partial charge < -0.3 is 0 Å². The first-order valence-corrected chi connectivity index (χ1v) is 8.63. The van der Waals surface area contributed by atoms with Gasteiger partial charge in [0.25, 0.3) is 0 Å². The Bertz CT molecular complexity index is 931. The molecule has 0 heterocycles. The maximum absolute atomic E-state index is 12.7. The predicted octanol–water partition coefficient (Wildman–Crippen LogP) is 4.94. The summed E-state index contributed by atoms with van der Waals surface area (Å²) in [5.41, 5.74) is 0.981. The Balaban J connectivity index is 1.79. The van der Waals surface area contributed by atoms with E-state index in [1.54, 1.807) is 62.4 Å². The number of carbonyl (C=O) groups excluding carboxylic acids is 2. The summed E-state index contributed by atoms with van der Waals surface area (Å²) in [5.74, 6) is -0.954. The second-order valence-electron chi connectivity index (χ2n) is 6.57.